The van der Waals surface area contributed by atoms with Gasteiger partial charge in [-0.25, -0.2) is 4.79 Å². The van der Waals surface area contributed by atoms with Crippen LogP contribution in [0.2, 0.25) is 0 Å². The Kier molecular flexibility index (Phi) is 4.28. The number of nitrogens with zero attached hydrogens (tertiary/aromatic N) is 3. The number of carbonyl (C=O) groups excluding carboxylic acids is 4. The third-order valence-electron chi connectivity index (χ3n) is 6.94. The summed E-state index contributed by atoms with van der Waals surface area (Å²) >= 11 is 0. The first-order chi connectivity index (χ1) is 14.8. The maximum absolute atomic E-state index is 13.0. The molecule has 162 valence electrons. The van der Waals surface area contributed by atoms with E-state index in [-0.39, 0.29) is 29.4 Å². The third-order valence-corrected chi connectivity index (χ3v) is 6.94. The van der Waals surface area contributed by atoms with Crippen molar-refractivity contribution in [3.63, 3.8) is 0 Å². The van der Waals surface area contributed by atoms with Gasteiger partial charge < -0.3 is 14.9 Å². The van der Waals surface area contributed by atoms with Gasteiger partial charge in [0, 0.05) is 43.7 Å². The minimum atomic E-state index is -0.972. The monoisotopic (exact) mass is 426 g/mol. The molecule has 31 heavy (non-hydrogen) atoms. The summed E-state index contributed by atoms with van der Waals surface area (Å²) in [4.78, 5) is 65.0. The van der Waals surface area contributed by atoms with Crippen molar-refractivity contribution in [3.05, 3.63) is 29.3 Å². The molecule has 0 aliphatic carbocycles. The number of hydrogen-bond acceptors (Lipinski definition) is 6. The summed E-state index contributed by atoms with van der Waals surface area (Å²) in [5.41, 5.74) is 1.46. The van der Waals surface area contributed by atoms with E-state index in [0.717, 1.165) is 36.5 Å². The molecule has 2 N–H and O–H groups in total. The fourth-order valence-electron chi connectivity index (χ4n) is 5.09. The summed E-state index contributed by atoms with van der Waals surface area (Å²) in [5.74, 6) is -2.05. The minimum Gasteiger partial charge on any atom is -0.465 e. The minimum absolute atomic E-state index is 0.0869. The van der Waals surface area contributed by atoms with Crippen LogP contribution < -0.4 is 10.2 Å². The summed E-state index contributed by atoms with van der Waals surface area (Å²) in [6.45, 7) is 2.61. The summed E-state index contributed by atoms with van der Waals surface area (Å²) < 4.78 is 0. The summed E-state index contributed by atoms with van der Waals surface area (Å²) in [6, 6.07) is 4.15. The van der Waals surface area contributed by atoms with Crippen molar-refractivity contribution in [1.82, 2.24) is 15.1 Å². The van der Waals surface area contributed by atoms with Crippen molar-refractivity contribution in [1.29, 1.82) is 0 Å². The van der Waals surface area contributed by atoms with Gasteiger partial charge in [0.15, 0.2) is 0 Å². The van der Waals surface area contributed by atoms with Crippen molar-refractivity contribution in [2.45, 2.75) is 31.7 Å². The van der Waals surface area contributed by atoms with Crippen LogP contribution in [0.3, 0.4) is 0 Å². The molecule has 10 heteroatoms. The largest absolute Gasteiger partial charge is 0.465 e. The second-order valence-electron chi connectivity index (χ2n) is 8.80. The van der Waals surface area contributed by atoms with Crippen LogP contribution in [0.15, 0.2) is 18.2 Å². The maximum atomic E-state index is 13.0. The van der Waals surface area contributed by atoms with Gasteiger partial charge in [0.25, 0.3) is 11.8 Å². The maximum Gasteiger partial charge on any atom is 0.407 e. The Balaban J connectivity index is 1.30. The number of imide groups is 2. The molecule has 1 unspecified atom stereocenters. The number of nitrogens with one attached hydrogen (secondary N) is 1. The molecule has 1 aromatic carbocycles. The van der Waals surface area contributed by atoms with E-state index in [1.807, 2.05) is 0 Å². The van der Waals surface area contributed by atoms with Gasteiger partial charge in [0.05, 0.1) is 11.1 Å². The SMILES string of the molecule is O=C1CCC(N2C(=O)c3ccc(N4CC5(CCN(C(=O)O)CC5)C4)cc3C2=O)C(=O)N1. The predicted octanol–water partition coefficient (Wildman–Crippen LogP) is 0.668. The zero-order chi connectivity index (χ0) is 21.9. The van der Waals surface area contributed by atoms with Gasteiger partial charge in [0.2, 0.25) is 11.8 Å². The molecule has 0 radical (unpaired) electrons. The molecule has 4 aliphatic heterocycles. The Bertz CT molecular complexity index is 1020. The fraction of sp³-hybridized carbons (Fsp3) is 0.476. The Hall–Kier alpha value is -3.43. The van der Waals surface area contributed by atoms with Crippen LogP contribution in [0.5, 0.6) is 0 Å². The van der Waals surface area contributed by atoms with Crippen molar-refractivity contribution >= 4 is 35.4 Å². The third kappa shape index (κ3) is 3.05. The zero-order valence-electron chi connectivity index (χ0n) is 16.8. The van der Waals surface area contributed by atoms with E-state index in [9.17, 15) is 24.0 Å². The molecule has 4 heterocycles. The first-order valence-electron chi connectivity index (χ1n) is 10.4. The van der Waals surface area contributed by atoms with Crippen LogP contribution in [0.1, 0.15) is 46.4 Å². The second kappa shape index (κ2) is 6.79. The summed E-state index contributed by atoms with van der Waals surface area (Å²) in [5, 5.41) is 11.3. The molecule has 3 saturated heterocycles. The lowest BCUT2D eigenvalue weighted by Crippen LogP contribution is -2.61. The van der Waals surface area contributed by atoms with E-state index in [1.54, 1.807) is 18.2 Å². The number of anilines is 1. The highest BCUT2D eigenvalue weighted by atomic mass is 16.4. The number of likely N-dealkylation sites (tertiary alicyclic amines) is 1. The highest BCUT2D eigenvalue weighted by Crippen LogP contribution is 2.43. The van der Waals surface area contributed by atoms with E-state index in [4.69, 9.17) is 5.11 Å². The Morgan fingerprint density at radius 2 is 1.71 bits per heavy atom. The number of rotatable bonds is 2. The molecule has 0 aromatic heterocycles. The highest BCUT2D eigenvalue weighted by Gasteiger charge is 2.47. The normalized spacial score (nSPS) is 24.9. The molecular formula is C21H22N4O6. The second-order valence-corrected chi connectivity index (χ2v) is 8.80. The van der Waals surface area contributed by atoms with Crippen LogP contribution in [-0.4, -0.2) is 76.8 Å². The first-order valence-corrected chi connectivity index (χ1v) is 10.4. The quantitative estimate of drug-likeness (QED) is 0.665. The van der Waals surface area contributed by atoms with Crippen LogP contribution >= 0.6 is 0 Å². The zero-order valence-corrected chi connectivity index (χ0v) is 16.8. The Morgan fingerprint density at radius 1 is 1.03 bits per heavy atom. The average molecular weight is 426 g/mol. The highest BCUT2D eigenvalue weighted by molar-refractivity contribution is 6.23. The molecule has 1 aromatic rings. The van der Waals surface area contributed by atoms with Gasteiger partial charge in [-0.05, 0) is 37.5 Å². The number of hydrogen-bond donors (Lipinski definition) is 2. The lowest BCUT2D eigenvalue weighted by molar-refractivity contribution is -0.136. The molecule has 3 fully saturated rings. The molecule has 1 spiro atoms. The van der Waals surface area contributed by atoms with Crippen molar-refractivity contribution in [2.75, 3.05) is 31.1 Å². The Morgan fingerprint density at radius 3 is 2.35 bits per heavy atom. The van der Waals surface area contributed by atoms with Gasteiger partial charge in [-0.2, -0.15) is 0 Å². The van der Waals surface area contributed by atoms with Crippen molar-refractivity contribution in [2.24, 2.45) is 5.41 Å². The molecule has 1 atom stereocenters. The van der Waals surface area contributed by atoms with Gasteiger partial charge >= 0.3 is 6.09 Å². The van der Waals surface area contributed by atoms with E-state index in [0.29, 0.717) is 13.1 Å². The molecule has 5 amide bonds. The lowest BCUT2D eigenvalue weighted by Gasteiger charge is -2.54. The van der Waals surface area contributed by atoms with Crippen LogP contribution in [0.25, 0.3) is 0 Å². The number of carboxylic acid groups (broad SMARTS) is 1. The fourth-order valence-corrected chi connectivity index (χ4v) is 5.09. The molecule has 0 saturated carbocycles. The number of fused-ring (bicyclic) bond motifs is 1. The first kappa shape index (κ1) is 19.5. The number of amides is 5. The number of carbonyl (C=O) groups is 5. The van der Waals surface area contributed by atoms with E-state index in [2.05, 4.69) is 10.2 Å². The van der Waals surface area contributed by atoms with Gasteiger partial charge in [-0.15, -0.1) is 0 Å². The van der Waals surface area contributed by atoms with E-state index < -0.39 is 35.8 Å². The number of benzene rings is 1. The van der Waals surface area contributed by atoms with Crippen LogP contribution in [0.4, 0.5) is 10.5 Å². The smallest absolute Gasteiger partial charge is 0.407 e. The molecule has 0 bridgehead atoms. The molecule has 5 rings (SSSR count). The predicted molar refractivity (Wildman–Crippen MR) is 107 cm³/mol. The van der Waals surface area contributed by atoms with Gasteiger partial charge in [-0.3, -0.25) is 29.4 Å². The average Bonchev–Trinajstić information content (AvgIpc) is 2.96. The standard InChI is InChI=1S/C21H22N4O6/c26-16-4-3-15(17(27)22-16)25-18(28)13-2-1-12(9-14(13)19(25)29)24-10-21(11-24)5-7-23(8-6-21)20(30)31/h1-2,9,15H,3-8,10-11H2,(H,30,31)(H,22,26,27). The summed E-state index contributed by atoms with van der Waals surface area (Å²) in [6.07, 6.45) is 0.950. The van der Waals surface area contributed by atoms with Gasteiger partial charge in [0.1, 0.15) is 6.04 Å². The molecule has 10 nitrogen and oxygen atoms in total. The van der Waals surface area contributed by atoms with Crippen LogP contribution in [0, 0.1) is 5.41 Å². The Labute approximate surface area is 177 Å². The van der Waals surface area contributed by atoms with E-state index >= 15 is 0 Å². The molecular weight excluding hydrogens is 404 g/mol. The number of piperidine rings is 2. The topological polar surface area (TPSA) is 127 Å². The van der Waals surface area contributed by atoms with Gasteiger partial charge in [-0.1, -0.05) is 0 Å². The van der Waals surface area contributed by atoms with Crippen molar-refractivity contribution in [3.8, 4) is 0 Å². The summed E-state index contributed by atoms with van der Waals surface area (Å²) in [7, 11) is 0. The molecule has 4 aliphatic rings. The van der Waals surface area contributed by atoms with E-state index in [1.165, 1.54) is 4.90 Å². The lowest BCUT2D eigenvalue weighted by atomic mass is 9.72. The van der Waals surface area contributed by atoms with Crippen molar-refractivity contribution < 1.29 is 29.1 Å². The van der Waals surface area contributed by atoms with Crippen LogP contribution in [-0.2, 0) is 9.59 Å².